The lowest BCUT2D eigenvalue weighted by Crippen LogP contribution is -2.14. The summed E-state index contributed by atoms with van der Waals surface area (Å²) in [4.78, 5) is 16.5. The van der Waals surface area contributed by atoms with Gasteiger partial charge in [-0.05, 0) is 30.7 Å². The van der Waals surface area contributed by atoms with Crippen molar-refractivity contribution in [3.05, 3.63) is 77.1 Å². The Balaban J connectivity index is 1.59. The van der Waals surface area contributed by atoms with Crippen LogP contribution in [-0.4, -0.2) is 21.2 Å². The first kappa shape index (κ1) is 17.6. The van der Waals surface area contributed by atoms with E-state index in [9.17, 15) is 4.79 Å². The van der Waals surface area contributed by atoms with Crippen molar-refractivity contribution < 1.29 is 4.79 Å². The molecule has 1 aromatic heterocycles. The minimum Gasteiger partial charge on any atom is -0.325 e. The van der Waals surface area contributed by atoms with Crippen LogP contribution in [0.1, 0.15) is 11.1 Å². The topological polar surface area (TPSA) is 46.9 Å². The Bertz CT molecular complexity index is 861. The summed E-state index contributed by atoms with van der Waals surface area (Å²) >= 11 is 7.62. The summed E-state index contributed by atoms with van der Waals surface area (Å²) in [6.07, 6.45) is 3.63. The van der Waals surface area contributed by atoms with Crippen LogP contribution in [0.25, 0.3) is 0 Å². The Morgan fingerprint density at radius 3 is 2.72 bits per heavy atom. The maximum Gasteiger partial charge on any atom is 0.234 e. The van der Waals surface area contributed by atoms with Crippen molar-refractivity contribution in [2.24, 2.45) is 0 Å². The molecule has 25 heavy (non-hydrogen) atoms. The molecular formula is C19H18ClN3OS. The number of rotatable bonds is 6. The fourth-order valence-corrected chi connectivity index (χ4v) is 3.28. The number of thioether (sulfide) groups is 1. The Kier molecular flexibility index (Phi) is 5.79. The molecule has 0 saturated carbocycles. The van der Waals surface area contributed by atoms with Gasteiger partial charge < -0.3 is 9.88 Å². The molecule has 0 radical (unpaired) electrons. The maximum absolute atomic E-state index is 12.1. The third-order valence-corrected chi connectivity index (χ3v) is 5.02. The lowest BCUT2D eigenvalue weighted by molar-refractivity contribution is -0.113. The molecule has 0 unspecified atom stereocenters. The number of hydrogen-bond donors (Lipinski definition) is 1. The van der Waals surface area contributed by atoms with Gasteiger partial charge in [0.05, 0.1) is 12.3 Å². The molecule has 1 N–H and O–H groups in total. The number of amides is 1. The molecule has 0 aliphatic carbocycles. The van der Waals surface area contributed by atoms with Gasteiger partial charge in [-0.2, -0.15) is 0 Å². The van der Waals surface area contributed by atoms with E-state index >= 15 is 0 Å². The maximum atomic E-state index is 12.1. The van der Waals surface area contributed by atoms with Crippen molar-refractivity contribution in [3.8, 4) is 0 Å². The van der Waals surface area contributed by atoms with Crippen LogP contribution in [0, 0.1) is 6.92 Å². The van der Waals surface area contributed by atoms with Gasteiger partial charge in [-0.15, -0.1) is 0 Å². The van der Waals surface area contributed by atoms with E-state index < -0.39 is 0 Å². The van der Waals surface area contributed by atoms with Crippen LogP contribution in [0.2, 0.25) is 5.02 Å². The van der Waals surface area contributed by atoms with E-state index in [2.05, 4.69) is 10.3 Å². The molecule has 0 atom stereocenters. The Morgan fingerprint density at radius 2 is 1.96 bits per heavy atom. The van der Waals surface area contributed by atoms with E-state index in [0.29, 0.717) is 12.3 Å². The summed E-state index contributed by atoms with van der Waals surface area (Å²) in [5.74, 6) is 0.245. The number of hydrogen-bond acceptors (Lipinski definition) is 3. The molecule has 1 heterocycles. The number of aromatic nitrogens is 2. The Hall–Kier alpha value is -2.24. The van der Waals surface area contributed by atoms with Crippen LogP contribution >= 0.6 is 23.4 Å². The van der Waals surface area contributed by atoms with Crippen molar-refractivity contribution in [2.75, 3.05) is 11.1 Å². The van der Waals surface area contributed by atoms with Gasteiger partial charge in [-0.1, -0.05) is 59.3 Å². The molecule has 0 fully saturated rings. The fourth-order valence-electron chi connectivity index (χ4n) is 2.33. The second kappa shape index (κ2) is 8.23. The number of halogens is 1. The van der Waals surface area contributed by atoms with E-state index in [0.717, 1.165) is 27.0 Å². The Morgan fingerprint density at radius 1 is 1.20 bits per heavy atom. The lowest BCUT2D eigenvalue weighted by atomic mass is 10.2. The van der Waals surface area contributed by atoms with Crippen molar-refractivity contribution >= 4 is 35.0 Å². The molecule has 0 bridgehead atoms. The van der Waals surface area contributed by atoms with Crippen LogP contribution in [-0.2, 0) is 11.3 Å². The first-order valence-electron chi connectivity index (χ1n) is 7.85. The van der Waals surface area contributed by atoms with Gasteiger partial charge in [0.15, 0.2) is 5.16 Å². The molecule has 0 spiro atoms. The standard InChI is InChI=1S/C19H18ClN3OS/c1-14-6-8-16(9-7-14)22-18(24)13-25-19-21-10-11-23(19)12-15-4-2-3-5-17(15)20/h2-11H,12-13H2,1H3,(H,22,24). The minimum atomic E-state index is -0.0545. The van der Waals surface area contributed by atoms with Crippen molar-refractivity contribution in [3.63, 3.8) is 0 Å². The van der Waals surface area contributed by atoms with Crippen molar-refractivity contribution in [1.82, 2.24) is 9.55 Å². The summed E-state index contributed by atoms with van der Waals surface area (Å²) in [5, 5.41) is 4.41. The molecule has 6 heteroatoms. The number of anilines is 1. The highest BCUT2D eigenvalue weighted by atomic mass is 35.5. The van der Waals surface area contributed by atoms with Crippen LogP contribution in [0.15, 0.2) is 66.1 Å². The van der Waals surface area contributed by atoms with Gasteiger partial charge in [0.1, 0.15) is 0 Å². The van der Waals surface area contributed by atoms with Crippen molar-refractivity contribution in [2.45, 2.75) is 18.6 Å². The van der Waals surface area contributed by atoms with Gasteiger partial charge in [-0.25, -0.2) is 4.98 Å². The third kappa shape index (κ3) is 4.87. The number of benzene rings is 2. The van der Waals surface area contributed by atoms with E-state index in [-0.39, 0.29) is 5.91 Å². The average Bonchev–Trinajstić information content (AvgIpc) is 3.04. The van der Waals surface area contributed by atoms with Crippen LogP contribution in [0.5, 0.6) is 0 Å². The molecule has 2 aromatic carbocycles. The third-order valence-electron chi connectivity index (χ3n) is 3.64. The summed E-state index contributed by atoms with van der Waals surface area (Å²) in [7, 11) is 0. The molecule has 3 rings (SSSR count). The molecule has 3 aromatic rings. The minimum absolute atomic E-state index is 0.0545. The first-order valence-corrected chi connectivity index (χ1v) is 9.22. The first-order chi connectivity index (χ1) is 12.1. The quantitative estimate of drug-likeness (QED) is 0.643. The lowest BCUT2D eigenvalue weighted by Gasteiger charge is -2.09. The fraction of sp³-hybridized carbons (Fsp3) is 0.158. The number of nitrogens with one attached hydrogen (secondary N) is 1. The zero-order chi connectivity index (χ0) is 17.6. The van der Waals surface area contributed by atoms with Gasteiger partial charge in [0.25, 0.3) is 0 Å². The SMILES string of the molecule is Cc1ccc(NC(=O)CSc2nccn2Cc2ccccc2Cl)cc1. The molecule has 4 nitrogen and oxygen atoms in total. The molecule has 1 amide bonds. The van der Waals surface area contributed by atoms with Crippen molar-refractivity contribution in [1.29, 1.82) is 0 Å². The van der Waals surface area contributed by atoms with E-state index in [1.165, 1.54) is 11.8 Å². The zero-order valence-corrected chi connectivity index (χ0v) is 15.3. The van der Waals surface area contributed by atoms with Crippen LogP contribution < -0.4 is 5.32 Å². The average molecular weight is 372 g/mol. The molecule has 0 aliphatic heterocycles. The highest BCUT2D eigenvalue weighted by Gasteiger charge is 2.09. The summed E-state index contributed by atoms with van der Waals surface area (Å²) in [5.41, 5.74) is 2.98. The molecular weight excluding hydrogens is 354 g/mol. The second-order valence-electron chi connectivity index (χ2n) is 5.63. The largest absolute Gasteiger partial charge is 0.325 e. The van der Waals surface area contributed by atoms with Gasteiger partial charge in [0, 0.05) is 23.1 Å². The molecule has 0 saturated heterocycles. The predicted molar refractivity (Wildman–Crippen MR) is 103 cm³/mol. The van der Waals surface area contributed by atoms with Gasteiger partial charge in [-0.3, -0.25) is 4.79 Å². The highest BCUT2D eigenvalue weighted by molar-refractivity contribution is 7.99. The highest BCUT2D eigenvalue weighted by Crippen LogP contribution is 2.21. The summed E-state index contributed by atoms with van der Waals surface area (Å²) in [6.45, 7) is 2.64. The number of carbonyl (C=O) groups excluding carboxylic acids is 1. The van der Waals surface area contributed by atoms with Gasteiger partial charge >= 0.3 is 0 Å². The second-order valence-corrected chi connectivity index (χ2v) is 6.98. The zero-order valence-electron chi connectivity index (χ0n) is 13.8. The number of carbonyl (C=O) groups is 1. The summed E-state index contributed by atoms with van der Waals surface area (Å²) in [6, 6.07) is 15.5. The Labute approximate surface area is 156 Å². The number of nitrogens with zero attached hydrogens (tertiary/aromatic N) is 2. The van der Waals surface area contributed by atoms with E-state index in [1.807, 2.05) is 66.2 Å². The monoisotopic (exact) mass is 371 g/mol. The van der Waals surface area contributed by atoms with E-state index in [1.54, 1.807) is 6.20 Å². The van der Waals surface area contributed by atoms with Gasteiger partial charge in [0.2, 0.25) is 5.91 Å². The smallest absolute Gasteiger partial charge is 0.234 e. The van der Waals surface area contributed by atoms with Crippen LogP contribution in [0.3, 0.4) is 0 Å². The van der Waals surface area contributed by atoms with E-state index in [4.69, 9.17) is 11.6 Å². The predicted octanol–water partition coefficient (Wildman–Crippen LogP) is 4.62. The van der Waals surface area contributed by atoms with Crippen LogP contribution in [0.4, 0.5) is 5.69 Å². The molecule has 128 valence electrons. The normalized spacial score (nSPS) is 10.6. The summed E-state index contributed by atoms with van der Waals surface area (Å²) < 4.78 is 1.99. The molecule has 0 aliphatic rings. The number of aryl methyl sites for hydroxylation is 1. The number of imidazole rings is 1.